The van der Waals surface area contributed by atoms with Gasteiger partial charge in [-0.25, -0.2) is 0 Å². The topological polar surface area (TPSA) is 6.48 Å². The zero-order valence-electron chi connectivity index (χ0n) is 13.7. The molecule has 0 N–H and O–H groups in total. The number of benzene rings is 2. The second-order valence-corrected chi connectivity index (χ2v) is 6.69. The lowest BCUT2D eigenvalue weighted by Gasteiger charge is -2.17. The number of rotatable bonds is 5. The van der Waals surface area contributed by atoms with Crippen molar-refractivity contribution in [2.24, 2.45) is 0 Å². The first-order valence-electron chi connectivity index (χ1n) is 8.20. The van der Waals surface area contributed by atoms with Crippen molar-refractivity contribution in [2.75, 3.05) is 27.2 Å². The number of nitrogens with zero attached hydrogens (tertiary/aromatic N) is 2. The summed E-state index contributed by atoms with van der Waals surface area (Å²) in [5, 5.41) is 0. The Morgan fingerprint density at radius 2 is 1.77 bits per heavy atom. The molecule has 0 amide bonds. The van der Waals surface area contributed by atoms with E-state index in [0.29, 0.717) is 5.92 Å². The lowest BCUT2D eigenvalue weighted by molar-refractivity contribution is 0.327. The summed E-state index contributed by atoms with van der Waals surface area (Å²) < 4.78 is 0. The first-order chi connectivity index (χ1) is 10.7. The van der Waals surface area contributed by atoms with Gasteiger partial charge in [-0.15, -0.1) is 0 Å². The number of hydrogen-bond donors (Lipinski definition) is 0. The molecule has 1 heterocycles. The van der Waals surface area contributed by atoms with Crippen molar-refractivity contribution in [3.63, 3.8) is 0 Å². The van der Waals surface area contributed by atoms with Gasteiger partial charge in [0.2, 0.25) is 0 Å². The fraction of sp³-hybridized carbons (Fsp3) is 0.400. The second-order valence-electron chi connectivity index (χ2n) is 6.69. The Hall–Kier alpha value is -1.64. The van der Waals surface area contributed by atoms with E-state index in [2.05, 4.69) is 78.5 Å². The summed E-state index contributed by atoms with van der Waals surface area (Å²) in [6.07, 6.45) is 1.28. The van der Waals surface area contributed by atoms with Gasteiger partial charge in [0.05, 0.1) is 0 Å². The molecule has 1 aliphatic rings. The SMILES string of the molecule is CN(C)Cc1cccc(C2CCN(Cc3ccccc3)C2)c1. The Morgan fingerprint density at radius 3 is 2.55 bits per heavy atom. The summed E-state index contributed by atoms with van der Waals surface area (Å²) in [4.78, 5) is 4.81. The van der Waals surface area contributed by atoms with E-state index in [0.717, 1.165) is 13.1 Å². The molecule has 1 saturated heterocycles. The highest BCUT2D eigenvalue weighted by Gasteiger charge is 2.23. The maximum Gasteiger partial charge on any atom is 0.0233 e. The lowest BCUT2D eigenvalue weighted by atomic mass is 9.96. The molecular weight excluding hydrogens is 268 g/mol. The molecule has 0 aliphatic carbocycles. The van der Waals surface area contributed by atoms with Crippen LogP contribution in [0.3, 0.4) is 0 Å². The fourth-order valence-corrected chi connectivity index (χ4v) is 3.40. The first kappa shape index (κ1) is 15.3. The van der Waals surface area contributed by atoms with Crippen LogP contribution in [0.2, 0.25) is 0 Å². The van der Waals surface area contributed by atoms with E-state index in [9.17, 15) is 0 Å². The van der Waals surface area contributed by atoms with Crippen LogP contribution in [-0.2, 0) is 13.1 Å². The Balaban J connectivity index is 1.62. The molecule has 2 aromatic rings. The minimum absolute atomic E-state index is 0.686. The molecule has 1 unspecified atom stereocenters. The Labute approximate surface area is 134 Å². The maximum atomic E-state index is 2.58. The molecule has 116 valence electrons. The van der Waals surface area contributed by atoms with Crippen LogP contribution in [-0.4, -0.2) is 37.0 Å². The molecule has 0 spiro atoms. The molecular formula is C20H26N2. The predicted octanol–water partition coefficient (Wildman–Crippen LogP) is 3.74. The van der Waals surface area contributed by atoms with Crippen molar-refractivity contribution in [1.82, 2.24) is 9.80 Å². The van der Waals surface area contributed by atoms with Crippen molar-refractivity contribution in [2.45, 2.75) is 25.4 Å². The zero-order chi connectivity index (χ0) is 15.4. The summed E-state index contributed by atoms with van der Waals surface area (Å²) in [7, 11) is 4.26. The average Bonchev–Trinajstić information content (AvgIpc) is 2.96. The minimum atomic E-state index is 0.686. The number of hydrogen-bond acceptors (Lipinski definition) is 2. The molecule has 0 bridgehead atoms. The van der Waals surface area contributed by atoms with Crippen LogP contribution in [0.1, 0.15) is 29.0 Å². The van der Waals surface area contributed by atoms with Crippen LogP contribution in [0, 0.1) is 0 Å². The molecule has 2 aromatic carbocycles. The number of likely N-dealkylation sites (tertiary alicyclic amines) is 1. The Kier molecular flexibility index (Phi) is 4.91. The molecule has 3 rings (SSSR count). The Morgan fingerprint density at radius 1 is 1.00 bits per heavy atom. The van der Waals surface area contributed by atoms with E-state index in [1.807, 2.05) is 0 Å². The quantitative estimate of drug-likeness (QED) is 0.829. The molecule has 22 heavy (non-hydrogen) atoms. The molecule has 2 nitrogen and oxygen atoms in total. The monoisotopic (exact) mass is 294 g/mol. The summed E-state index contributed by atoms with van der Waals surface area (Å²) in [6, 6.07) is 20.0. The maximum absolute atomic E-state index is 2.58. The average molecular weight is 294 g/mol. The van der Waals surface area contributed by atoms with Crippen molar-refractivity contribution in [3.05, 3.63) is 71.3 Å². The highest BCUT2D eigenvalue weighted by Crippen LogP contribution is 2.28. The highest BCUT2D eigenvalue weighted by atomic mass is 15.1. The summed E-state index contributed by atoms with van der Waals surface area (Å²) in [6.45, 7) is 4.49. The third-order valence-electron chi connectivity index (χ3n) is 4.44. The first-order valence-corrected chi connectivity index (χ1v) is 8.20. The summed E-state index contributed by atoms with van der Waals surface area (Å²) in [5.41, 5.74) is 4.35. The molecule has 0 radical (unpaired) electrons. The normalized spacial score (nSPS) is 19.0. The van der Waals surface area contributed by atoms with Crippen LogP contribution in [0.4, 0.5) is 0 Å². The Bertz CT molecular complexity index is 592. The van der Waals surface area contributed by atoms with E-state index in [1.54, 1.807) is 0 Å². The van der Waals surface area contributed by atoms with Crippen LogP contribution >= 0.6 is 0 Å². The van der Waals surface area contributed by atoms with Crippen molar-refractivity contribution in [3.8, 4) is 0 Å². The van der Waals surface area contributed by atoms with Gasteiger partial charge in [-0.2, -0.15) is 0 Å². The molecule has 0 aromatic heterocycles. The van der Waals surface area contributed by atoms with E-state index >= 15 is 0 Å². The van der Waals surface area contributed by atoms with E-state index < -0.39 is 0 Å². The van der Waals surface area contributed by atoms with Gasteiger partial charge in [0.15, 0.2) is 0 Å². The van der Waals surface area contributed by atoms with Gasteiger partial charge < -0.3 is 4.90 Å². The molecule has 0 saturated carbocycles. The molecule has 1 fully saturated rings. The smallest absolute Gasteiger partial charge is 0.0233 e. The van der Waals surface area contributed by atoms with Gasteiger partial charge in [0.25, 0.3) is 0 Å². The second kappa shape index (κ2) is 7.08. The fourth-order valence-electron chi connectivity index (χ4n) is 3.40. The van der Waals surface area contributed by atoms with Gasteiger partial charge in [-0.1, -0.05) is 54.6 Å². The van der Waals surface area contributed by atoms with Crippen LogP contribution in [0.15, 0.2) is 54.6 Å². The van der Waals surface area contributed by atoms with Gasteiger partial charge >= 0.3 is 0 Å². The lowest BCUT2D eigenvalue weighted by Crippen LogP contribution is -2.19. The van der Waals surface area contributed by atoms with E-state index in [-0.39, 0.29) is 0 Å². The third-order valence-corrected chi connectivity index (χ3v) is 4.44. The van der Waals surface area contributed by atoms with Gasteiger partial charge in [0.1, 0.15) is 0 Å². The van der Waals surface area contributed by atoms with Gasteiger partial charge in [-0.3, -0.25) is 4.90 Å². The molecule has 1 atom stereocenters. The van der Waals surface area contributed by atoms with Crippen LogP contribution < -0.4 is 0 Å². The van der Waals surface area contributed by atoms with Gasteiger partial charge in [-0.05, 0) is 49.7 Å². The van der Waals surface area contributed by atoms with Crippen molar-refractivity contribution in [1.29, 1.82) is 0 Å². The van der Waals surface area contributed by atoms with E-state index in [1.165, 1.54) is 36.2 Å². The molecule has 1 aliphatic heterocycles. The third kappa shape index (κ3) is 3.96. The largest absolute Gasteiger partial charge is 0.305 e. The van der Waals surface area contributed by atoms with Crippen molar-refractivity contribution >= 4 is 0 Å². The minimum Gasteiger partial charge on any atom is -0.305 e. The van der Waals surface area contributed by atoms with Gasteiger partial charge in [0, 0.05) is 19.6 Å². The zero-order valence-corrected chi connectivity index (χ0v) is 13.7. The molecule has 2 heteroatoms. The summed E-state index contributed by atoms with van der Waals surface area (Å²) >= 11 is 0. The standard InChI is InChI=1S/C20H26N2/c1-21(2)14-18-9-6-10-19(13-18)20-11-12-22(16-20)15-17-7-4-3-5-8-17/h3-10,13,20H,11-12,14-16H2,1-2H3. The van der Waals surface area contributed by atoms with Crippen LogP contribution in [0.25, 0.3) is 0 Å². The van der Waals surface area contributed by atoms with Crippen LogP contribution in [0.5, 0.6) is 0 Å². The highest BCUT2D eigenvalue weighted by molar-refractivity contribution is 5.27. The predicted molar refractivity (Wildman–Crippen MR) is 92.9 cm³/mol. The van der Waals surface area contributed by atoms with E-state index in [4.69, 9.17) is 0 Å². The summed E-state index contributed by atoms with van der Waals surface area (Å²) in [5.74, 6) is 0.686. The van der Waals surface area contributed by atoms with Crippen molar-refractivity contribution < 1.29 is 0 Å².